The van der Waals surface area contributed by atoms with Gasteiger partial charge in [-0.1, -0.05) is 29.3 Å². The minimum atomic E-state index is -0.756. The Morgan fingerprint density at radius 3 is 2.05 bits per heavy atom. The van der Waals surface area contributed by atoms with Crippen molar-refractivity contribution in [3.05, 3.63) is 69.2 Å². The number of aliphatic hydroxyl groups is 1. The van der Waals surface area contributed by atoms with Gasteiger partial charge in [-0.2, -0.15) is 0 Å². The molecule has 1 atom stereocenters. The Labute approximate surface area is 125 Å². The molecule has 0 saturated heterocycles. The van der Waals surface area contributed by atoms with Crippen molar-refractivity contribution >= 4 is 23.2 Å². The third-order valence-corrected chi connectivity index (χ3v) is 3.59. The first-order chi connectivity index (χ1) is 9.44. The maximum Gasteiger partial charge on any atom is 0.126 e. The predicted molar refractivity (Wildman–Crippen MR) is 76.2 cm³/mol. The summed E-state index contributed by atoms with van der Waals surface area (Å²) in [5, 5.41) is 10.8. The number of hydrogen-bond acceptors (Lipinski definition) is 1. The van der Waals surface area contributed by atoms with E-state index in [2.05, 4.69) is 0 Å². The van der Waals surface area contributed by atoms with Crippen molar-refractivity contribution in [1.29, 1.82) is 0 Å². The zero-order valence-corrected chi connectivity index (χ0v) is 11.9. The van der Waals surface area contributed by atoms with Gasteiger partial charge in [0.15, 0.2) is 0 Å². The average Bonchev–Trinajstić information content (AvgIpc) is 2.32. The predicted octanol–water partition coefficient (Wildman–Crippen LogP) is 4.42. The van der Waals surface area contributed by atoms with Gasteiger partial charge in [0.1, 0.15) is 11.6 Å². The lowest BCUT2D eigenvalue weighted by molar-refractivity contribution is 0.175. The summed E-state index contributed by atoms with van der Waals surface area (Å²) in [7, 11) is 0. The lowest BCUT2D eigenvalue weighted by Gasteiger charge is -2.11. The second-order valence-corrected chi connectivity index (χ2v) is 5.40. The van der Waals surface area contributed by atoms with E-state index in [1.165, 1.54) is 12.1 Å². The molecule has 0 aromatic heterocycles. The first kappa shape index (κ1) is 15.2. The number of rotatable bonds is 4. The van der Waals surface area contributed by atoms with Gasteiger partial charge in [-0.15, -0.1) is 0 Å². The molecule has 0 aliphatic carbocycles. The summed E-state index contributed by atoms with van der Waals surface area (Å²) in [6.07, 6.45) is -0.266. The van der Waals surface area contributed by atoms with Gasteiger partial charge in [0, 0.05) is 6.07 Å². The van der Waals surface area contributed by atoms with Crippen LogP contribution in [-0.2, 0) is 12.8 Å². The molecule has 2 rings (SSSR count). The van der Waals surface area contributed by atoms with E-state index in [0.29, 0.717) is 22.0 Å². The highest BCUT2D eigenvalue weighted by Crippen LogP contribution is 2.23. The van der Waals surface area contributed by atoms with E-state index in [-0.39, 0.29) is 6.42 Å². The van der Waals surface area contributed by atoms with Crippen molar-refractivity contribution in [2.24, 2.45) is 0 Å². The van der Waals surface area contributed by atoms with Gasteiger partial charge < -0.3 is 5.11 Å². The number of benzene rings is 2. The molecule has 0 fully saturated rings. The van der Waals surface area contributed by atoms with Gasteiger partial charge in [0.2, 0.25) is 0 Å². The van der Waals surface area contributed by atoms with Crippen LogP contribution in [0.1, 0.15) is 11.1 Å². The van der Waals surface area contributed by atoms with Crippen LogP contribution in [0.2, 0.25) is 10.0 Å². The highest BCUT2D eigenvalue weighted by atomic mass is 35.5. The molecule has 106 valence electrons. The Hall–Kier alpha value is -1.16. The molecule has 0 bridgehead atoms. The first-order valence-corrected chi connectivity index (χ1v) is 6.76. The zero-order valence-electron chi connectivity index (χ0n) is 10.4. The van der Waals surface area contributed by atoms with E-state index in [4.69, 9.17) is 23.2 Å². The van der Waals surface area contributed by atoms with E-state index in [9.17, 15) is 13.9 Å². The van der Waals surface area contributed by atoms with Crippen LogP contribution in [0.25, 0.3) is 0 Å². The molecule has 0 aliphatic rings. The van der Waals surface area contributed by atoms with Crippen LogP contribution in [0, 0.1) is 11.6 Å². The molecular formula is C15H12Cl2F2O. The van der Waals surface area contributed by atoms with Crippen molar-refractivity contribution < 1.29 is 13.9 Å². The van der Waals surface area contributed by atoms with Gasteiger partial charge >= 0.3 is 0 Å². The third-order valence-electron chi connectivity index (χ3n) is 2.85. The van der Waals surface area contributed by atoms with Crippen LogP contribution in [0.15, 0.2) is 36.4 Å². The molecule has 0 aliphatic heterocycles. The van der Waals surface area contributed by atoms with Crippen molar-refractivity contribution in [3.8, 4) is 0 Å². The van der Waals surface area contributed by atoms with Gasteiger partial charge in [0.05, 0.1) is 16.1 Å². The van der Waals surface area contributed by atoms with Gasteiger partial charge in [-0.25, -0.2) is 8.78 Å². The number of aliphatic hydroxyl groups excluding tert-OH is 1. The summed E-state index contributed by atoms with van der Waals surface area (Å²) in [5.74, 6) is -1.30. The lowest BCUT2D eigenvalue weighted by Crippen LogP contribution is -2.14. The first-order valence-electron chi connectivity index (χ1n) is 6.01. The molecule has 0 saturated carbocycles. The molecular weight excluding hydrogens is 305 g/mol. The highest BCUT2D eigenvalue weighted by molar-refractivity contribution is 6.42. The third kappa shape index (κ3) is 4.17. The van der Waals surface area contributed by atoms with Crippen LogP contribution in [-0.4, -0.2) is 11.2 Å². The zero-order chi connectivity index (χ0) is 14.7. The Bertz CT molecular complexity index is 597. The molecule has 0 heterocycles. The van der Waals surface area contributed by atoms with Crippen LogP contribution in [0.5, 0.6) is 0 Å². The molecule has 2 aromatic rings. The smallest absolute Gasteiger partial charge is 0.126 e. The maximum absolute atomic E-state index is 13.0. The average molecular weight is 317 g/mol. The number of halogens is 4. The fraction of sp³-hybridized carbons (Fsp3) is 0.200. The number of hydrogen-bond donors (Lipinski definition) is 1. The molecule has 5 heteroatoms. The van der Waals surface area contributed by atoms with Gasteiger partial charge in [-0.3, -0.25) is 0 Å². The lowest BCUT2D eigenvalue weighted by atomic mass is 10.0. The van der Waals surface area contributed by atoms with Crippen molar-refractivity contribution in [1.82, 2.24) is 0 Å². The van der Waals surface area contributed by atoms with Crippen molar-refractivity contribution in [2.75, 3.05) is 0 Å². The van der Waals surface area contributed by atoms with Crippen LogP contribution < -0.4 is 0 Å². The second kappa shape index (κ2) is 6.53. The Morgan fingerprint density at radius 2 is 1.45 bits per heavy atom. The van der Waals surface area contributed by atoms with Crippen molar-refractivity contribution in [2.45, 2.75) is 18.9 Å². The molecule has 0 spiro atoms. The minimum Gasteiger partial charge on any atom is -0.392 e. The van der Waals surface area contributed by atoms with Crippen molar-refractivity contribution in [3.63, 3.8) is 0 Å². The standard InChI is InChI=1S/C15H12Cl2F2O/c16-14-2-1-9(7-15(14)17)5-13(20)6-10-3-11(18)8-12(19)4-10/h1-4,7-8,13,20H,5-6H2. The molecule has 0 radical (unpaired) electrons. The molecule has 0 amide bonds. The van der Waals surface area contributed by atoms with Gasteiger partial charge in [-0.05, 0) is 48.2 Å². The quantitative estimate of drug-likeness (QED) is 0.885. The van der Waals surface area contributed by atoms with Crippen LogP contribution >= 0.6 is 23.2 Å². The minimum absolute atomic E-state index is 0.162. The molecule has 1 N–H and O–H groups in total. The molecule has 1 unspecified atom stereocenters. The maximum atomic E-state index is 13.0. The van der Waals surface area contributed by atoms with E-state index >= 15 is 0 Å². The van der Waals surface area contributed by atoms with Crippen LogP contribution in [0.3, 0.4) is 0 Å². The summed E-state index contributed by atoms with van der Waals surface area (Å²) >= 11 is 11.7. The van der Waals surface area contributed by atoms with E-state index in [1.807, 2.05) is 0 Å². The van der Waals surface area contributed by atoms with E-state index in [0.717, 1.165) is 11.6 Å². The summed E-state index contributed by atoms with van der Waals surface area (Å²) in [5.41, 5.74) is 1.22. The SMILES string of the molecule is OC(Cc1cc(F)cc(F)c1)Cc1ccc(Cl)c(Cl)c1. The summed E-state index contributed by atoms with van der Waals surface area (Å²) < 4.78 is 26.1. The topological polar surface area (TPSA) is 20.2 Å². The summed E-state index contributed by atoms with van der Waals surface area (Å²) in [4.78, 5) is 0. The molecule has 20 heavy (non-hydrogen) atoms. The summed E-state index contributed by atoms with van der Waals surface area (Å²) in [6.45, 7) is 0. The Morgan fingerprint density at radius 1 is 0.850 bits per heavy atom. The van der Waals surface area contributed by atoms with Gasteiger partial charge in [0.25, 0.3) is 0 Å². The molecule has 2 aromatic carbocycles. The van der Waals surface area contributed by atoms with E-state index in [1.54, 1.807) is 18.2 Å². The Kier molecular flexibility index (Phi) is 4.97. The van der Waals surface area contributed by atoms with Crippen LogP contribution in [0.4, 0.5) is 8.78 Å². The molecule has 1 nitrogen and oxygen atoms in total. The highest BCUT2D eigenvalue weighted by Gasteiger charge is 2.10. The largest absolute Gasteiger partial charge is 0.392 e. The second-order valence-electron chi connectivity index (χ2n) is 4.59. The Balaban J connectivity index is 2.04. The monoisotopic (exact) mass is 316 g/mol. The normalized spacial score (nSPS) is 12.4. The van der Waals surface area contributed by atoms with E-state index < -0.39 is 17.7 Å². The summed E-state index contributed by atoms with van der Waals surface area (Å²) in [6, 6.07) is 8.29. The fourth-order valence-corrected chi connectivity index (χ4v) is 2.33. The fourth-order valence-electron chi connectivity index (χ4n) is 2.01.